The molecule has 28 heavy (non-hydrogen) atoms. The molecule has 4 heterocycles. The number of hydrogen-bond donors (Lipinski definition) is 1. The van der Waals surface area contributed by atoms with Crippen LogP contribution in [0.2, 0.25) is 0 Å². The van der Waals surface area contributed by atoms with Crippen molar-refractivity contribution in [3.05, 3.63) is 47.7 Å². The lowest BCUT2D eigenvalue weighted by molar-refractivity contribution is 0.0997. The second-order valence-corrected chi connectivity index (χ2v) is 6.50. The summed E-state index contributed by atoms with van der Waals surface area (Å²) in [6.45, 7) is 6.93. The van der Waals surface area contributed by atoms with Gasteiger partial charge < -0.3 is 10.5 Å². The molecule has 0 atom stereocenters. The molecule has 0 bridgehead atoms. The first kappa shape index (κ1) is 17.8. The van der Waals surface area contributed by atoms with Crippen LogP contribution in [0, 0.1) is 13.8 Å². The monoisotopic (exact) mass is 379 g/mol. The zero-order chi connectivity index (χ0) is 20.0. The Balaban J connectivity index is 1.88. The standard InChI is InChI=1S/C19H21N7O2/c1-5-24-12(3)17(11(2)22-24)14-9-21-25-7-6-13(8-16(14)25)26-10-15(18(20)27)19(23-26)28-4/h6-10H,5H2,1-4H3,(H2,20,27). The van der Waals surface area contributed by atoms with Crippen LogP contribution in [0.1, 0.15) is 28.7 Å². The molecule has 4 rings (SSSR count). The number of rotatable bonds is 5. The first-order chi connectivity index (χ1) is 13.4. The SMILES string of the molecule is CCn1nc(C)c(-c2cnn3ccc(-n4cc(C(N)=O)c(OC)n4)cc23)c1C. The average Bonchev–Trinajstić information content (AvgIpc) is 3.36. The highest BCUT2D eigenvalue weighted by molar-refractivity contribution is 5.95. The molecule has 0 saturated carbocycles. The number of pyridine rings is 1. The zero-order valence-electron chi connectivity index (χ0n) is 16.2. The largest absolute Gasteiger partial charge is 0.479 e. The van der Waals surface area contributed by atoms with Gasteiger partial charge in [0.1, 0.15) is 5.56 Å². The lowest BCUT2D eigenvalue weighted by Crippen LogP contribution is -2.11. The van der Waals surface area contributed by atoms with E-state index in [1.54, 1.807) is 15.4 Å². The summed E-state index contributed by atoms with van der Waals surface area (Å²) in [5, 5.41) is 13.4. The summed E-state index contributed by atoms with van der Waals surface area (Å²) in [5.41, 5.74) is 11.4. The van der Waals surface area contributed by atoms with E-state index < -0.39 is 5.91 Å². The first-order valence-electron chi connectivity index (χ1n) is 8.90. The van der Waals surface area contributed by atoms with Gasteiger partial charge in [-0.15, -0.1) is 5.10 Å². The van der Waals surface area contributed by atoms with Gasteiger partial charge in [-0.3, -0.25) is 9.48 Å². The number of fused-ring (bicyclic) bond motifs is 1. The number of hydrogen-bond acceptors (Lipinski definition) is 5. The van der Waals surface area contributed by atoms with Gasteiger partial charge in [0, 0.05) is 35.8 Å². The predicted molar refractivity (Wildman–Crippen MR) is 104 cm³/mol. The number of aryl methyl sites for hydroxylation is 2. The third-order valence-electron chi connectivity index (χ3n) is 4.86. The summed E-state index contributed by atoms with van der Waals surface area (Å²) in [7, 11) is 1.45. The highest BCUT2D eigenvalue weighted by atomic mass is 16.5. The van der Waals surface area contributed by atoms with Gasteiger partial charge >= 0.3 is 0 Å². The second-order valence-electron chi connectivity index (χ2n) is 6.50. The Morgan fingerprint density at radius 2 is 2.07 bits per heavy atom. The van der Waals surface area contributed by atoms with Crippen molar-refractivity contribution in [2.45, 2.75) is 27.3 Å². The molecule has 4 aromatic heterocycles. The molecular formula is C19H21N7O2. The van der Waals surface area contributed by atoms with E-state index in [1.807, 2.05) is 36.1 Å². The number of nitrogens with zero attached hydrogens (tertiary/aromatic N) is 6. The van der Waals surface area contributed by atoms with Crippen molar-refractivity contribution in [3.8, 4) is 22.7 Å². The molecule has 1 amide bonds. The summed E-state index contributed by atoms with van der Waals surface area (Å²) in [6.07, 6.45) is 5.25. The molecule has 0 radical (unpaired) electrons. The molecule has 4 aromatic rings. The molecule has 2 N–H and O–H groups in total. The molecule has 0 unspecified atom stereocenters. The maximum Gasteiger partial charge on any atom is 0.255 e. The van der Waals surface area contributed by atoms with Gasteiger partial charge in [-0.2, -0.15) is 10.2 Å². The van der Waals surface area contributed by atoms with Crippen molar-refractivity contribution >= 4 is 11.4 Å². The molecule has 0 aromatic carbocycles. The van der Waals surface area contributed by atoms with Crippen LogP contribution in [0.5, 0.6) is 5.88 Å². The van der Waals surface area contributed by atoms with E-state index in [1.165, 1.54) is 7.11 Å². The summed E-state index contributed by atoms with van der Waals surface area (Å²) >= 11 is 0. The minimum absolute atomic E-state index is 0.192. The Labute approximate surface area is 161 Å². The molecule has 0 saturated heterocycles. The van der Waals surface area contributed by atoms with Crippen LogP contribution in [0.15, 0.2) is 30.7 Å². The Morgan fingerprint density at radius 1 is 1.29 bits per heavy atom. The number of amides is 1. The van der Waals surface area contributed by atoms with Crippen molar-refractivity contribution in [1.29, 1.82) is 0 Å². The van der Waals surface area contributed by atoms with Gasteiger partial charge in [-0.25, -0.2) is 9.20 Å². The van der Waals surface area contributed by atoms with E-state index in [-0.39, 0.29) is 11.4 Å². The van der Waals surface area contributed by atoms with E-state index in [2.05, 4.69) is 29.1 Å². The van der Waals surface area contributed by atoms with Gasteiger partial charge in [0.15, 0.2) is 0 Å². The topological polar surface area (TPSA) is 105 Å². The highest BCUT2D eigenvalue weighted by Gasteiger charge is 2.19. The van der Waals surface area contributed by atoms with Crippen LogP contribution >= 0.6 is 0 Å². The number of primary amides is 1. The van der Waals surface area contributed by atoms with Gasteiger partial charge in [-0.1, -0.05) is 0 Å². The third-order valence-corrected chi connectivity index (χ3v) is 4.86. The molecule has 9 nitrogen and oxygen atoms in total. The van der Waals surface area contributed by atoms with Crippen LogP contribution in [0.4, 0.5) is 0 Å². The number of carbonyl (C=O) groups is 1. The van der Waals surface area contributed by atoms with E-state index in [4.69, 9.17) is 10.5 Å². The van der Waals surface area contributed by atoms with Crippen molar-refractivity contribution in [2.24, 2.45) is 5.73 Å². The predicted octanol–water partition coefficient (Wildman–Crippen LogP) is 2.13. The fourth-order valence-corrected chi connectivity index (χ4v) is 3.51. The van der Waals surface area contributed by atoms with Crippen LogP contribution in [-0.2, 0) is 6.54 Å². The highest BCUT2D eigenvalue weighted by Crippen LogP contribution is 2.31. The fraction of sp³-hybridized carbons (Fsp3) is 0.263. The van der Waals surface area contributed by atoms with Gasteiger partial charge in [-0.05, 0) is 32.9 Å². The molecule has 0 aliphatic carbocycles. The minimum Gasteiger partial charge on any atom is -0.479 e. The summed E-state index contributed by atoms with van der Waals surface area (Å²) in [4.78, 5) is 11.6. The van der Waals surface area contributed by atoms with E-state index in [0.717, 1.165) is 40.3 Å². The molecular weight excluding hydrogens is 358 g/mol. The normalized spacial score (nSPS) is 11.3. The smallest absolute Gasteiger partial charge is 0.255 e. The first-order valence-corrected chi connectivity index (χ1v) is 8.90. The number of aromatic nitrogens is 6. The maximum atomic E-state index is 11.6. The van der Waals surface area contributed by atoms with E-state index >= 15 is 0 Å². The molecule has 0 aliphatic rings. The Kier molecular flexibility index (Phi) is 4.14. The molecule has 0 spiro atoms. The number of methoxy groups -OCH3 is 1. The van der Waals surface area contributed by atoms with Crippen LogP contribution in [0.25, 0.3) is 22.3 Å². The van der Waals surface area contributed by atoms with E-state index in [0.29, 0.717) is 0 Å². The van der Waals surface area contributed by atoms with Crippen LogP contribution < -0.4 is 10.5 Å². The zero-order valence-corrected chi connectivity index (χ0v) is 16.2. The quantitative estimate of drug-likeness (QED) is 0.572. The fourth-order valence-electron chi connectivity index (χ4n) is 3.51. The van der Waals surface area contributed by atoms with Gasteiger partial charge in [0.25, 0.3) is 5.91 Å². The lowest BCUT2D eigenvalue weighted by atomic mass is 10.1. The minimum atomic E-state index is -0.590. The van der Waals surface area contributed by atoms with Crippen molar-refractivity contribution < 1.29 is 9.53 Å². The van der Waals surface area contributed by atoms with E-state index in [9.17, 15) is 4.79 Å². The molecule has 0 aliphatic heterocycles. The Morgan fingerprint density at radius 3 is 2.68 bits per heavy atom. The Bertz CT molecular complexity index is 1200. The summed E-state index contributed by atoms with van der Waals surface area (Å²) in [5.74, 6) is -0.399. The maximum absolute atomic E-state index is 11.6. The third kappa shape index (κ3) is 2.63. The average molecular weight is 379 g/mol. The van der Waals surface area contributed by atoms with Crippen LogP contribution in [-0.4, -0.2) is 42.2 Å². The number of carbonyl (C=O) groups excluding carboxylic acids is 1. The molecule has 0 fully saturated rings. The molecule has 9 heteroatoms. The second kappa shape index (κ2) is 6.52. The van der Waals surface area contributed by atoms with Crippen molar-refractivity contribution in [1.82, 2.24) is 29.2 Å². The Hall–Kier alpha value is -3.62. The molecule has 144 valence electrons. The van der Waals surface area contributed by atoms with Gasteiger partial charge in [0.2, 0.25) is 5.88 Å². The number of nitrogens with two attached hydrogens (primary N) is 1. The number of ether oxygens (including phenoxy) is 1. The summed E-state index contributed by atoms with van der Waals surface area (Å²) < 4.78 is 10.5. The van der Waals surface area contributed by atoms with Crippen molar-refractivity contribution in [2.75, 3.05) is 7.11 Å². The van der Waals surface area contributed by atoms with Gasteiger partial charge in [0.05, 0.1) is 30.2 Å². The summed E-state index contributed by atoms with van der Waals surface area (Å²) in [6, 6.07) is 3.82. The van der Waals surface area contributed by atoms with Crippen LogP contribution in [0.3, 0.4) is 0 Å². The van der Waals surface area contributed by atoms with Crippen molar-refractivity contribution in [3.63, 3.8) is 0 Å². The lowest BCUT2D eigenvalue weighted by Gasteiger charge is -2.05.